The third-order valence-corrected chi connectivity index (χ3v) is 5.21. The Bertz CT molecular complexity index is 1150. The van der Waals surface area contributed by atoms with Crippen LogP contribution in [0.15, 0.2) is 30.6 Å². The number of ether oxygens (including phenoxy) is 1. The first-order valence-corrected chi connectivity index (χ1v) is 9.31. The molecule has 142 valence electrons. The maximum absolute atomic E-state index is 5.04. The van der Waals surface area contributed by atoms with Gasteiger partial charge in [0, 0.05) is 24.9 Å². The van der Waals surface area contributed by atoms with Crippen molar-refractivity contribution in [2.24, 2.45) is 0 Å². The number of methoxy groups -OCH3 is 1. The number of hydrogen-bond acceptors (Lipinski definition) is 7. The van der Waals surface area contributed by atoms with Crippen molar-refractivity contribution in [2.75, 3.05) is 7.11 Å². The Morgan fingerprint density at radius 2 is 1.93 bits per heavy atom. The SMILES string of the molecule is CCn1nc(C2CC2c2cnc(OC)nc2)cc1-c1ccc2nnc(C)n2n1. The molecule has 0 spiro atoms. The van der Waals surface area contributed by atoms with Gasteiger partial charge >= 0.3 is 6.01 Å². The van der Waals surface area contributed by atoms with Crippen LogP contribution in [0.2, 0.25) is 0 Å². The van der Waals surface area contributed by atoms with E-state index < -0.39 is 0 Å². The minimum Gasteiger partial charge on any atom is -0.467 e. The monoisotopic (exact) mass is 376 g/mol. The Morgan fingerprint density at radius 1 is 1.11 bits per heavy atom. The lowest BCUT2D eigenvalue weighted by molar-refractivity contribution is 0.379. The average Bonchev–Trinajstić information content (AvgIpc) is 3.28. The summed E-state index contributed by atoms with van der Waals surface area (Å²) >= 11 is 0. The standard InChI is InChI=1S/C19H20N8O/c1-4-26-17(15-5-6-18-23-22-11(2)27(18)25-15)8-16(24-26)14-7-13(14)12-9-20-19(28-3)21-10-12/h5-6,8-10,13-14H,4,7H2,1-3H3. The Balaban J connectivity index is 1.46. The third-order valence-electron chi connectivity index (χ3n) is 5.21. The molecule has 0 amide bonds. The van der Waals surface area contributed by atoms with Gasteiger partial charge in [0.2, 0.25) is 0 Å². The molecule has 2 unspecified atom stereocenters. The molecule has 0 bridgehead atoms. The fourth-order valence-electron chi connectivity index (χ4n) is 3.61. The molecule has 9 heteroatoms. The maximum atomic E-state index is 5.04. The summed E-state index contributed by atoms with van der Waals surface area (Å²) in [6.07, 6.45) is 4.74. The van der Waals surface area contributed by atoms with Crippen molar-refractivity contribution in [1.82, 2.24) is 39.6 Å². The second kappa shape index (κ2) is 6.36. The zero-order valence-corrected chi connectivity index (χ0v) is 15.9. The smallest absolute Gasteiger partial charge is 0.316 e. The van der Waals surface area contributed by atoms with Gasteiger partial charge in [0.15, 0.2) is 11.5 Å². The van der Waals surface area contributed by atoms with E-state index >= 15 is 0 Å². The van der Waals surface area contributed by atoms with E-state index in [9.17, 15) is 0 Å². The van der Waals surface area contributed by atoms with Gasteiger partial charge in [0.1, 0.15) is 5.69 Å². The molecule has 5 rings (SSSR count). The molecule has 0 aromatic carbocycles. The van der Waals surface area contributed by atoms with E-state index in [1.807, 2.05) is 36.1 Å². The van der Waals surface area contributed by atoms with Crippen LogP contribution in [0.5, 0.6) is 6.01 Å². The van der Waals surface area contributed by atoms with Gasteiger partial charge < -0.3 is 4.74 Å². The summed E-state index contributed by atoms with van der Waals surface area (Å²) in [6.45, 7) is 4.76. The van der Waals surface area contributed by atoms with Crippen molar-refractivity contribution in [3.8, 4) is 17.4 Å². The molecule has 1 aliphatic rings. The van der Waals surface area contributed by atoms with E-state index in [1.165, 1.54) is 0 Å². The molecule has 1 saturated carbocycles. The quantitative estimate of drug-likeness (QED) is 0.527. The van der Waals surface area contributed by atoms with Crippen molar-refractivity contribution in [3.05, 3.63) is 47.7 Å². The molecule has 1 fully saturated rings. The normalized spacial score (nSPS) is 18.5. The molecule has 0 aliphatic heterocycles. The van der Waals surface area contributed by atoms with E-state index in [-0.39, 0.29) is 0 Å². The van der Waals surface area contributed by atoms with Crippen LogP contribution in [0.1, 0.15) is 42.3 Å². The van der Waals surface area contributed by atoms with Crippen molar-refractivity contribution in [1.29, 1.82) is 0 Å². The molecule has 4 heterocycles. The summed E-state index contributed by atoms with van der Waals surface area (Å²) in [4.78, 5) is 8.44. The van der Waals surface area contributed by atoms with Crippen LogP contribution in [-0.2, 0) is 6.54 Å². The van der Waals surface area contributed by atoms with Crippen molar-refractivity contribution >= 4 is 5.65 Å². The van der Waals surface area contributed by atoms with Crippen LogP contribution in [0.4, 0.5) is 0 Å². The van der Waals surface area contributed by atoms with Gasteiger partial charge in [0.25, 0.3) is 0 Å². The molecule has 9 nitrogen and oxygen atoms in total. The molecule has 4 aromatic rings. The average molecular weight is 376 g/mol. The first-order valence-electron chi connectivity index (χ1n) is 9.31. The molecular weight excluding hydrogens is 356 g/mol. The Hall–Kier alpha value is -3.36. The number of hydrogen-bond donors (Lipinski definition) is 0. The van der Waals surface area contributed by atoms with Gasteiger partial charge in [-0.15, -0.1) is 10.2 Å². The highest BCUT2D eigenvalue weighted by atomic mass is 16.5. The Kier molecular flexibility index (Phi) is 3.81. The van der Waals surface area contributed by atoms with E-state index in [4.69, 9.17) is 14.9 Å². The summed E-state index contributed by atoms with van der Waals surface area (Å²) in [5, 5.41) is 17.7. The highest BCUT2D eigenvalue weighted by Gasteiger charge is 2.42. The Morgan fingerprint density at radius 3 is 2.68 bits per heavy atom. The Labute approximate surface area is 161 Å². The van der Waals surface area contributed by atoms with E-state index in [1.54, 1.807) is 11.6 Å². The highest BCUT2D eigenvalue weighted by molar-refractivity contribution is 5.57. The first-order chi connectivity index (χ1) is 13.7. The lowest BCUT2D eigenvalue weighted by Crippen LogP contribution is -2.03. The number of nitrogens with zero attached hydrogens (tertiary/aromatic N) is 8. The summed E-state index contributed by atoms with van der Waals surface area (Å²) in [6, 6.07) is 6.44. The molecule has 1 aliphatic carbocycles. The predicted octanol–water partition coefficient (Wildman–Crippen LogP) is 2.39. The fourth-order valence-corrected chi connectivity index (χ4v) is 3.61. The van der Waals surface area contributed by atoms with E-state index in [0.29, 0.717) is 17.8 Å². The summed E-state index contributed by atoms with van der Waals surface area (Å²) in [5.41, 5.74) is 4.81. The minimum atomic E-state index is 0.379. The van der Waals surface area contributed by atoms with Gasteiger partial charge in [-0.05, 0) is 49.9 Å². The molecule has 0 N–H and O–H groups in total. The highest BCUT2D eigenvalue weighted by Crippen LogP contribution is 2.54. The third kappa shape index (κ3) is 2.70. The minimum absolute atomic E-state index is 0.379. The van der Waals surface area contributed by atoms with Crippen molar-refractivity contribution in [2.45, 2.75) is 38.6 Å². The maximum Gasteiger partial charge on any atom is 0.316 e. The van der Waals surface area contributed by atoms with Gasteiger partial charge in [-0.3, -0.25) is 4.68 Å². The van der Waals surface area contributed by atoms with Gasteiger partial charge in [-0.2, -0.15) is 14.7 Å². The van der Waals surface area contributed by atoms with E-state index in [2.05, 4.69) is 33.2 Å². The fraction of sp³-hybridized carbons (Fsp3) is 0.368. The number of fused-ring (bicyclic) bond motifs is 1. The second-order valence-corrected chi connectivity index (χ2v) is 6.96. The summed E-state index contributed by atoms with van der Waals surface area (Å²) in [5.74, 6) is 1.54. The van der Waals surface area contributed by atoms with Gasteiger partial charge in [-0.25, -0.2) is 9.97 Å². The molecule has 0 saturated heterocycles. The van der Waals surface area contributed by atoms with Crippen molar-refractivity contribution in [3.63, 3.8) is 0 Å². The molecular formula is C19H20N8O. The van der Waals surface area contributed by atoms with Crippen molar-refractivity contribution < 1.29 is 4.74 Å². The summed E-state index contributed by atoms with van der Waals surface area (Å²) < 4.78 is 8.80. The number of aromatic nitrogens is 8. The zero-order valence-electron chi connectivity index (χ0n) is 15.9. The molecule has 2 atom stereocenters. The number of aryl methyl sites for hydroxylation is 2. The van der Waals surface area contributed by atoms with Crippen LogP contribution in [0, 0.1) is 6.92 Å². The lowest BCUT2D eigenvalue weighted by atomic mass is 10.1. The van der Waals surface area contributed by atoms with Crippen LogP contribution in [0.3, 0.4) is 0 Å². The molecule has 28 heavy (non-hydrogen) atoms. The van der Waals surface area contributed by atoms with Crippen LogP contribution < -0.4 is 4.74 Å². The van der Waals surface area contributed by atoms with Gasteiger partial charge in [-0.1, -0.05) is 0 Å². The second-order valence-electron chi connectivity index (χ2n) is 6.96. The molecule has 4 aromatic heterocycles. The largest absolute Gasteiger partial charge is 0.467 e. The van der Waals surface area contributed by atoms with Crippen LogP contribution in [0.25, 0.3) is 17.0 Å². The van der Waals surface area contributed by atoms with Crippen LogP contribution in [-0.4, -0.2) is 46.7 Å². The predicted molar refractivity (Wildman–Crippen MR) is 101 cm³/mol. The number of rotatable bonds is 5. The topological polar surface area (TPSA) is 95.9 Å². The van der Waals surface area contributed by atoms with Gasteiger partial charge in [0.05, 0.1) is 18.5 Å². The lowest BCUT2D eigenvalue weighted by Gasteiger charge is -2.04. The molecule has 0 radical (unpaired) electrons. The summed E-state index contributed by atoms with van der Waals surface area (Å²) in [7, 11) is 1.57. The van der Waals surface area contributed by atoms with E-state index in [0.717, 1.165) is 47.1 Å². The first kappa shape index (κ1) is 16.8. The van der Waals surface area contributed by atoms with Crippen LogP contribution >= 0.6 is 0 Å². The zero-order chi connectivity index (χ0) is 19.3.